The summed E-state index contributed by atoms with van der Waals surface area (Å²) in [6, 6.07) is 11.8. The summed E-state index contributed by atoms with van der Waals surface area (Å²) >= 11 is 5.97. The summed E-state index contributed by atoms with van der Waals surface area (Å²) in [7, 11) is 0. The Kier molecular flexibility index (Phi) is 3.47. The summed E-state index contributed by atoms with van der Waals surface area (Å²) in [4.78, 5) is 16.8. The average Bonchev–Trinajstić information content (AvgIpc) is 2.80. The normalized spacial score (nSPS) is 12.5. The lowest BCUT2D eigenvalue weighted by Gasteiger charge is -2.17. The van der Waals surface area contributed by atoms with Crippen LogP contribution in [0.1, 0.15) is 24.1 Å². The van der Waals surface area contributed by atoms with E-state index in [2.05, 4.69) is 22.2 Å². The molecular weight excluding hydrogens is 286 g/mol. The first kappa shape index (κ1) is 13.8. The second-order valence-corrected chi connectivity index (χ2v) is 5.65. The van der Waals surface area contributed by atoms with Crippen molar-refractivity contribution in [3.05, 3.63) is 63.0 Å². The van der Waals surface area contributed by atoms with E-state index in [0.717, 1.165) is 32.9 Å². The number of anilines is 1. The first-order valence-corrected chi connectivity index (χ1v) is 7.15. The van der Waals surface area contributed by atoms with E-state index in [0.29, 0.717) is 0 Å². The minimum atomic E-state index is -0.184. The van der Waals surface area contributed by atoms with Crippen LogP contribution in [-0.2, 0) is 0 Å². The highest BCUT2D eigenvalue weighted by molar-refractivity contribution is 6.30. The highest BCUT2D eigenvalue weighted by Gasteiger charge is 2.09. The van der Waals surface area contributed by atoms with Gasteiger partial charge in [0.2, 0.25) is 0 Å². The molecule has 0 aliphatic rings. The van der Waals surface area contributed by atoms with Crippen molar-refractivity contribution in [1.29, 1.82) is 0 Å². The topological polar surface area (TPSA) is 60.7 Å². The summed E-state index contributed by atoms with van der Waals surface area (Å²) < 4.78 is 0. The fourth-order valence-electron chi connectivity index (χ4n) is 2.43. The van der Waals surface area contributed by atoms with E-state index in [1.165, 1.54) is 0 Å². The number of halogens is 1. The zero-order valence-corrected chi connectivity index (χ0v) is 12.6. The van der Waals surface area contributed by atoms with Crippen molar-refractivity contribution in [3.63, 3.8) is 0 Å². The lowest BCUT2D eigenvalue weighted by atomic mass is 10.1. The van der Waals surface area contributed by atoms with E-state index in [9.17, 15) is 4.79 Å². The van der Waals surface area contributed by atoms with Gasteiger partial charge in [0.15, 0.2) is 0 Å². The van der Waals surface area contributed by atoms with E-state index in [-0.39, 0.29) is 11.7 Å². The number of benzene rings is 2. The highest BCUT2D eigenvalue weighted by Crippen LogP contribution is 2.25. The Morgan fingerprint density at radius 2 is 1.86 bits per heavy atom. The van der Waals surface area contributed by atoms with Crippen molar-refractivity contribution in [3.8, 4) is 0 Å². The van der Waals surface area contributed by atoms with Crippen LogP contribution in [0.3, 0.4) is 0 Å². The Labute approximate surface area is 127 Å². The molecule has 108 valence electrons. The van der Waals surface area contributed by atoms with Crippen LogP contribution in [0.15, 0.2) is 41.2 Å². The Hall–Kier alpha value is -2.20. The molecule has 1 heterocycles. The summed E-state index contributed by atoms with van der Waals surface area (Å²) in [5.74, 6) is 0. The number of fused-ring (bicyclic) bond motifs is 1. The summed E-state index contributed by atoms with van der Waals surface area (Å²) in [5.41, 5.74) is 4.71. The van der Waals surface area contributed by atoms with Gasteiger partial charge in [-0.3, -0.25) is 0 Å². The maximum atomic E-state index is 11.3. The van der Waals surface area contributed by atoms with Gasteiger partial charge in [0.05, 0.1) is 11.0 Å². The van der Waals surface area contributed by atoms with E-state index in [4.69, 9.17) is 11.6 Å². The minimum absolute atomic E-state index is 0.118. The van der Waals surface area contributed by atoms with Crippen LogP contribution >= 0.6 is 11.6 Å². The van der Waals surface area contributed by atoms with Gasteiger partial charge >= 0.3 is 5.69 Å². The number of aromatic nitrogens is 2. The van der Waals surface area contributed by atoms with Crippen LogP contribution in [0.4, 0.5) is 5.69 Å². The quantitative estimate of drug-likeness (QED) is 0.685. The zero-order valence-electron chi connectivity index (χ0n) is 11.8. The third-order valence-corrected chi connectivity index (χ3v) is 3.84. The molecule has 0 bridgehead atoms. The number of nitrogens with one attached hydrogen (secondary N) is 3. The lowest BCUT2D eigenvalue weighted by molar-refractivity contribution is 0.884. The SMILES string of the molecule is Cc1cc(Cl)ccc1NC(C)c1ccc2[nH]c(=O)[nH]c2c1. The molecule has 0 aliphatic heterocycles. The lowest BCUT2D eigenvalue weighted by Crippen LogP contribution is -2.07. The number of aromatic amines is 2. The molecule has 1 unspecified atom stereocenters. The van der Waals surface area contributed by atoms with Crippen molar-refractivity contribution in [1.82, 2.24) is 9.97 Å². The van der Waals surface area contributed by atoms with Gasteiger partial charge in [-0.15, -0.1) is 0 Å². The van der Waals surface area contributed by atoms with Gasteiger partial charge in [-0.05, 0) is 55.3 Å². The van der Waals surface area contributed by atoms with Crippen LogP contribution in [0.5, 0.6) is 0 Å². The number of aryl methyl sites for hydroxylation is 1. The number of rotatable bonds is 3. The zero-order chi connectivity index (χ0) is 15.0. The van der Waals surface area contributed by atoms with Gasteiger partial charge in [-0.1, -0.05) is 17.7 Å². The predicted octanol–water partition coefficient (Wildman–Crippen LogP) is 3.99. The molecule has 3 rings (SSSR count). The molecule has 5 heteroatoms. The largest absolute Gasteiger partial charge is 0.378 e. The van der Waals surface area contributed by atoms with Gasteiger partial charge in [0.25, 0.3) is 0 Å². The van der Waals surface area contributed by atoms with Crippen molar-refractivity contribution < 1.29 is 0 Å². The molecule has 3 aromatic rings. The molecule has 1 aromatic heterocycles. The first-order valence-electron chi connectivity index (χ1n) is 6.77. The first-order chi connectivity index (χ1) is 10.0. The summed E-state index contributed by atoms with van der Waals surface area (Å²) in [6.07, 6.45) is 0. The molecule has 0 aliphatic carbocycles. The third kappa shape index (κ3) is 2.81. The second-order valence-electron chi connectivity index (χ2n) is 5.21. The van der Waals surface area contributed by atoms with Crippen LogP contribution < -0.4 is 11.0 Å². The number of H-pyrrole nitrogens is 2. The van der Waals surface area contributed by atoms with Gasteiger partial charge in [-0.25, -0.2) is 4.79 Å². The molecule has 0 amide bonds. The molecule has 2 aromatic carbocycles. The van der Waals surface area contributed by atoms with Gasteiger partial charge in [0, 0.05) is 16.8 Å². The van der Waals surface area contributed by atoms with Crippen LogP contribution in [0.25, 0.3) is 11.0 Å². The monoisotopic (exact) mass is 301 g/mol. The van der Waals surface area contributed by atoms with Crippen molar-refractivity contribution in [2.24, 2.45) is 0 Å². The molecule has 0 saturated carbocycles. The standard InChI is InChI=1S/C16H16ClN3O/c1-9-7-12(17)4-6-13(9)18-10(2)11-3-5-14-15(8-11)20-16(21)19-14/h3-8,10,18H,1-2H3,(H2,19,20,21). The predicted molar refractivity (Wildman–Crippen MR) is 87.1 cm³/mol. The fraction of sp³-hybridized carbons (Fsp3) is 0.188. The molecule has 1 atom stereocenters. The number of hydrogen-bond donors (Lipinski definition) is 3. The van der Waals surface area contributed by atoms with Gasteiger partial charge in [-0.2, -0.15) is 0 Å². The molecule has 0 spiro atoms. The maximum Gasteiger partial charge on any atom is 0.323 e. The van der Waals surface area contributed by atoms with Crippen molar-refractivity contribution >= 4 is 28.3 Å². The van der Waals surface area contributed by atoms with Crippen LogP contribution in [0, 0.1) is 6.92 Å². The summed E-state index contributed by atoms with van der Waals surface area (Å²) in [6.45, 7) is 4.10. The van der Waals surface area contributed by atoms with E-state index in [1.807, 2.05) is 43.3 Å². The average molecular weight is 302 g/mol. The van der Waals surface area contributed by atoms with E-state index in [1.54, 1.807) is 0 Å². The van der Waals surface area contributed by atoms with Gasteiger partial charge in [0.1, 0.15) is 0 Å². The Morgan fingerprint density at radius 1 is 1.10 bits per heavy atom. The molecule has 0 radical (unpaired) electrons. The molecular formula is C16H16ClN3O. The smallest absolute Gasteiger partial charge is 0.323 e. The molecule has 3 N–H and O–H groups in total. The van der Waals surface area contributed by atoms with Crippen LogP contribution in [-0.4, -0.2) is 9.97 Å². The molecule has 4 nitrogen and oxygen atoms in total. The highest BCUT2D eigenvalue weighted by atomic mass is 35.5. The van der Waals surface area contributed by atoms with E-state index < -0.39 is 0 Å². The Bertz CT molecular complexity index is 850. The number of hydrogen-bond acceptors (Lipinski definition) is 2. The third-order valence-electron chi connectivity index (χ3n) is 3.60. The minimum Gasteiger partial charge on any atom is -0.378 e. The fourth-order valence-corrected chi connectivity index (χ4v) is 2.65. The molecule has 21 heavy (non-hydrogen) atoms. The molecule has 0 saturated heterocycles. The number of imidazole rings is 1. The maximum absolute atomic E-state index is 11.3. The molecule has 0 fully saturated rings. The second kappa shape index (κ2) is 5.30. The Morgan fingerprint density at radius 3 is 2.62 bits per heavy atom. The van der Waals surface area contributed by atoms with Crippen LogP contribution in [0.2, 0.25) is 5.02 Å². The van der Waals surface area contributed by atoms with Crippen molar-refractivity contribution in [2.75, 3.05) is 5.32 Å². The Balaban J connectivity index is 1.89. The van der Waals surface area contributed by atoms with Crippen molar-refractivity contribution in [2.45, 2.75) is 19.9 Å². The summed E-state index contributed by atoms with van der Waals surface area (Å²) in [5, 5.41) is 4.20. The van der Waals surface area contributed by atoms with E-state index >= 15 is 0 Å². The van der Waals surface area contributed by atoms with Gasteiger partial charge < -0.3 is 15.3 Å².